The monoisotopic (exact) mass is 288 g/mol. The third-order valence-electron chi connectivity index (χ3n) is 3.12. The number of nitrogens with one attached hydrogen (secondary N) is 1. The average molecular weight is 288 g/mol. The quantitative estimate of drug-likeness (QED) is 0.863. The van der Waals surface area contributed by atoms with Crippen molar-refractivity contribution < 1.29 is 4.79 Å². The maximum Gasteiger partial charge on any atom is 0.322 e. The molecule has 0 aliphatic rings. The number of hydrogen-bond acceptors (Lipinski definition) is 2. The predicted octanol–water partition coefficient (Wildman–Crippen LogP) is 4.50. The number of benzene rings is 1. The molecule has 0 aliphatic carbocycles. The van der Waals surface area contributed by atoms with Crippen molar-refractivity contribution in [2.75, 3.05) is 11.9 Å². The first kappa shape index (κ1) is 14.6. The highest BCUT2D eigenvalue weighted by Gasteiger charge is 2.14. The Morgan fingerprint density at radius 1 is 1.30 bits per heavy atom. The van der Waals surface area contributed by atoms with E-state index in [2.05, 4.69) is 23.7 Å². The number of para-hydroxylation sites is 1. The summed E-state index contributed by atoms with van der Waals surface area (Å²) in [5.41, 5.74) is 3.14. The second-order valence-electron chi connectivity index (χ2n) is 4.80. The van der Waals surface area contributed by atoms with E-state index in [-0.39, 0.29) is 6.03 Å². The van der Waals surface area contributed by atoms with E-state index in [1.165, 1.54) is 5.56 Å². The zero-order valence-corrected chi connectivity index (χ0v) is 12.7. The molecule has 0 saturated carbocycles. The van der Waals surface area contributed by atoms with Crippen LogP contribution in [0.25, 0.3) is 0 Å². The van der Waals surface area contributed by atoms with E-state index in [1.807, 2.05) is 41.5 Å². The Balaban J connectivity index is 2.05. The van der Waals surface area contributed by atoms with Gasteiger partial charge in [0.2, 0.25) is 0 Å². The fourth-order valence-corrected chi connectivity index (χ4v) is 2.69. The smallest absolute Gasteiger partial charge is 0.320 e. The molecular formula is C16H20N2OS. The topological polar surface area (TPSA) is 32.3 Å². The van der Waals surface area contributed by atoms with Crippen LogP contribution in [-0.2, 0) is 6.54 Å². The van der Waals surface area contributed by atoms with E-state index in [1.54, 1.807) is 11.3 Å². The van der Waals surface area contributed by atoms with Crippen LogP contribution in [0.15, 0.2) is 41.1 Å². The lowest BCUT2D eigenvalue weighted by Crippen LogP contribution is -2.35. The summed E-state index contributed by atoms with van der Waals surface area (Å²) in [5.74, 6) is 0. The van der Waals surface area contributed by atoms with Gasteiger partial charge < -0.3 is 10.2 Å². The maximum absolute atomic E-state index is 12.4. The number of carbonyl (C=O) groups excluding carboxylic acids is 1. The minimum Gasteiger partial charge on any atom is -0.320 e. The molecule has 0 fully saturated rings. The van der Waals surface area contributed by atoms with Crippen molar-refractivity contribution in [1.29, 1.82) is 0 Å². The van der Waals surface area contributed by atoms with Crippen molar-refractivity contribution in [3.8, 4) is 0 Å². The molecule has 2 rings (SSSR count). The number of carbonyl (C=O) groups is 1. The van der Waals surface area contributed by atoms with Gasteiger partial charge in [-0.25, -0.2) is 4.79 Å². The Morgan fingerprint density at radius 3 is 2.75 bits per heavy atom. The van der Waals surface area contributed by atoms with Gasteiger partial charge in [-0.1, -0.05) is 25.1 Å². The summed E-state index contributed by atoms with van der Waals surface area (Å²) in [6.07, 6.45) is 0.950. The molecule has 0 saturated heterocycles. The molecule has 0 unspecified atom stereocenters. The molecule has 1 heterocycles. The van der Waals surface area contributed by atoms with Crippen LogP contribution in [0.1, 0.15) is 24.5 Å². The normalized spacial score (nSPS) is 10.3. The number of nitrogens with zero attached hydrogens (tertiary/aromatic N) is 1. The van der Waals surface area contributed by atoms with Crippen LogP contribution in [0, 0.1) is 6.92 Å². The number of hydrogen-bond donors (Lipinski definition) is 1. The first-order valence-corrected chi connectivity index (χ1v) is 7.77. The number of aryl methyl sites for hydroxylation is 1. The van der Waals surface area contributed by atoms with Gasteiger partial charge in [0.05, 0.1) is 0 Å². The van der Waals surface area contributed by atoms with E-state index < -0.39 is 0 Å². The molecule has 1 aromatic heterocycles. The number of urea groups is 1. The summed E-state index contributed by atoms with van der Waals surface area (Å²) in [5, 5.41) is 7.13. The molecule has 106 valence electrons. The van der Waals surface area contributed by atoms with Crippen LogP contribution >= 0.6 is 11.3 Å². The highest BCUT2D eigenvalue weighted by Crippen LogP contribution is 2.15. The van der Waals surface area contributed by atoms with E-state index in [0.717, 1.165) is 24.2 Å². The lowest BCUT2D eigenvalue weighted by molar-refractivity contribution is 0.209. The van der Waals surface area contributed by atoms with Crippen LogP contribution in [0.5, 0.6) is 0 Å². The van der Waals surface area contributed by atoms with Gasteiger partial charge in [-0.3, -0.25) is 0 Å². The van der Waals surface area contributed by atoms with Gasteiger partial charge in [0, 0.05) is 18.8 Å². The number of amides is 2. The molecule has 20 heavy (non-hydrogen) atoms. The third kappa shape index (κ3) is 3.84. The molecule has 1 N–H and O–H groups in total. The summed E-state index contributed by atoms with van der Waals surface area (Å²) in [6.45, 7) is 5.50. The highest BCUT2D eigenvalue weighted by atomic mass is 32.1. The summed E-state index contributed by atoms with van der Waals surface area (Å²) in [4.78, 5) is 14.3. The van der Waals surface area contributed by atoms with Crippen molar-refractivity contribution in [3.05, 3.63) is 52.2 Å². The number of thiophene rings is 1. The Kier molecular flexibility index (Phi) is 5.18. The number of rotatable bonds is 5. The molecule has 1 aromatic carbocycles. The minimum absolute atomic E-state index is 0.0349. The minimum atomic E-state index is -0.0349. The van der Waals surface area contributed by atoms with Crippen molar-refractivity contribution in [2.45, 2.75) is 26.8 Å². The molecular weight excluding hydrogens is 268 g/mol. The molecule has 0 atom stereocenters. The first-order valence-electron chi connectivity index (χ1n) is 6.83. The van der Waals surface area contributed by atoms with Crippen LogP contribution in [0.4, 0.5) is 10.5 Å². The Labute approximate surface area is 124 Å². The lowest BCUT2D eigenvalue weighted by Gasteiger charge is -2.22. The second kappa shape index (κ2) is 7.10. The highest BCUT2D eigenvalue weighted by molar-refractivity contribution is 7.07. The standard InChI is InChI=1S/C16H20N2OS/c1-3-9-18(11-14-8-10-20-12-14)16(19)17-15-7-5-4-6-13(15)2/h4-8,10,12H,3,9,11H2,1-2H3,(H,17,19). The van der Waals surface area contributed by atoms with Crippen LogP contribution in [-0.4, -0.2) is 17.5 Å². The van der Waals surface area contributed by atoms with Crippen LogP contribution < -0.4 is 5.32 Å². The maximum atomic E-state index is 12.4. The molecule has 2 aromatic rings. The second-order valence-corrected chi connectivity index (χ2v) is 5.58. The Morgan fingerprint density at radius 2 is 2.10 bits per heavy atom. The summed E-state index contributed by atoms with van der Waals surface area (Å²) >= 11 is 1.66. The number of anilines is 1. The molecule has 2 amide bonds. The SMILES string of the molecule is CCCN(Cc1ccsc1)C(=O)Nc1ccccc1C. The van der Waals surface area contributed by atoms with Gasteiger partial charge in [0.1, 0.15) is 0 Å². The third-order valence-corrected chi connectivity index (χ3v) is 3.85. The van der Waals surface area contributed by atoms with E-state index in [9.17, 15) is 4.79 Å². The van der Waals surface area contributed by atoms with E-state index >= 15 is 0 Å². The fourth-order valence-electron chi connectivity index (χ4n) is 2.03. The van der Waals surface area contributed by atoms with Gasteiger partial charge in [-0.2, -0.15) is 11.3 Å². The summed E-state index contributed by atoms with van der Waals surface area (Å²) < 4.78 is 0. The largest absolute Gasteiger partial charge is 0.322 e. The van der Waals surface area contributed by atoms with Gasteiger partial charge in [0.25, 0.3) is 0 Å². The molecule has 0 spiro atoms. The van der Waals surface area contributed by atoms with Gasteiger partial charge in [-0.15, -0.1) is 0 Å². The zero-order chi connectivity index (χ0) is 14.4. The fraction of sp³-hybridized carbons (Fsp3) is 0.312. The van der Waals surface area contributed by atoms with E-state index in [4.69, 9.17) is 0 Å². The molecule has 4 heteroatoms. The van der Waals surface area contributed by atoms with Gasteiger partial charge in [-0.05, 0) is 47.4 Å². The van der Waals surface area contributed by atoms with Gasteiger partial charge in [0.15, 0.2) is 0 Å². The first-order chi connectivity index (χ1) is 9.70. The average Bonchev–Trinajstić information content (AvgIpc) is 2.94. The molecule has 0 radical (unpaired) electrons. The molecule has 3 nitrogen and oxygen atoms in total. The van der Waals surface area contributed by atoms with E-state index in [0.29, 0.717) is 6.54 Å². The van der Waals surface area contributed by atoms with Gasteiger partial charge >= 0.3 is 6.03 Å². The lowest BCUT2D eigenvalue weighted by atomic mass is 10.2. The zero-order valence-electron chi connectivity index (χ0n) is 11.9. The molecule has 0 bridgehead atoms. The summed E-state index contributed by atoms with van der Waals surface area (Å²) in [7, 11) is 0. The predicted molar refractivity (Wildman–Crippen MR) is 85.2 cm³/mol. The molecule has 0 aliphatic heterocycles. The van der Waals surface area contributed by atoms with Crippen molar-refractivity contribution in [3.63, 3.8) is 0 Å². The summed E-state index contributed by atoms with van der Waals surface area (Å²) in [6, 6.07) is 9.87. The van der Waals surface area contributed by atoms with Crippen molar-refractivity contribution in [2.24, 2.45) is 0 Å². The van der Waals surface area contributed by atoms with Crippen molar-refractivity contribution in [1.82, 2.24) is 4.90 Å². The van der Waals surface area contributed by atoms with Crippen LogP contribution in [0.3, 0.4) is 0 Å². The Bertz CT molecular complexity index is 551. The van der Waals surface area contributed by atoms with Crippen LogP contribution in [0.2, 0.25) is 0 Å². The van der Waals surface area contributed by atoms with Crippen molar-refractivity contribution >= 4 is 23.1 Å². The Hall–Kier alpha value is -1.81.